The molecular weight excluding hydrogens is 371 g/mol. The van der Waals surface area contributed by atoms with Crippen molar-refractivity contribution in [3.63, 3.8) is 0 Å². The Labute approximate surface area is 161 Å². The molecule has 1 amide bonds. The van der Waals surface area contributed by atoms with E-state index >= 15 is 0 Å². The van der Waals surface area contributed by atoms with Gasteiger partial charge in [-0.1, -0.05) is 30.7 Å². The number of nitrogens with zero attached hydrogens (tertiary/aromatic N) is 1. The molecule has 0 spiro atoms. The number of amides is 1. The summed E-state index contributed by atoms with van der Waals surface area (Å²) in [6.45, 7) is 3.54. The van der Waals surface area contributed by atoms with E-state index in [4.69, 9.17) is 16.7 Å². The zero-order valence-electron chi connectivity index (χ0n) is 14.8. The molecule has 1 aliphatic heterocycles. The van der Waals surface area contributed by atoms with Gasteiger partial charge in [-0.05, 0) is 48.9 Å². The third-order valence-corrected chi connectivity index (χ3v) is 5.19. The van der Waals surface area contributed by atoms with Crippen LogP contribution in [0.15, 0.2) is 42.5 Å². The molecule has 2 N–H and O–H groups in total. The van der Waals surface area contributed by atoms with Crippen molar-refractivity contribution in [2.45, 2.75) is 25.4 Å². The summed E-state index contributed by atoms with van der Waals surface area (Å²) in [6, 6.07) is 10.2. The molecule has 7 heteroatoms. The molecule has 2 aromatic rings. The molecule has 3 rings (SSSR count). The van der Waals surface area contributed by atoms with Crippen molar-refractivity contribution in [2.24, 2.45) is 0 Å². The van der Waals surface area contributed by atoms with E-state index in [-0.39, 0.29) is 34.1 Å². The average Bonchev–Trinajstić information content (AvgIpc) is 3.06. The quantitative estimate of drug-likeness (QED) is 0.815. The minimum atomic E-state index is -1.09. The third kappa shape index (κ3) is 4.12. The lowest BCUT2D eigenvalue weighted by Gasteiger charge is -2.28. The first-order valence-corrected chi connectivity index (χ1v) is 9.11. The van der Waals surface area contributed by atoms with Crippen LogP contribution in [-0.4, -0.2) is 41.0 Å². The third-order valence-electron chi connectivity index (χ3n) is 4.88. The van der Waals surface area contributed by atoms with Gasteiger partial charge in [0.15, 0.2) is 0 Å². The van der Waals surface area contributed by atoms with Crippen molar-refractivity contribution in [2.75, 3.05) is 13.1 Å². The second-order valence-corrected chi connectivity index (χ2v) is 6.91. The van der Waals surface area contributed by atoms with Crippen molar-refractivity contribution >= 4 is 23.5 Å². The number of halogens is 2. The lowest BCUT2D eigenvalue weighted by molar-refractivity contribution is 0.0697. The molecular formula is C20H20ClFN2O3. The highest BCUT2D eigenvalue weighted by molar-refractivity contribution is 6.30. The molecule has 1 heterocycles. The highest BCUT2D eigenvalue weighted by Crippen LogP contribution is 2.33. The number of hydrogen-bond acceptors (Lipinski definition) is 3. The summed E-state index contributed by atoms with van der Waals surface area (Å²) in [4.78, 5) is 25.9. The Morgan fingerprint density at radius 1 is 1.26 bits per heavy atom. The van der Waals surface area contributed by atoms with E-state index in [0.29, 0.717) is 6.42 Å². The zero-order valence-corrected chi connectivity index (χ0v) is 15.5. The summed E-state index contributed by atoms with van der Waals surface area (Å²) < 4.78 is 13.9. The number of carbonyl (C=O) groups is 2. The van der Waals surface area contributed by atoms with E-state index < -0.39 is 11.8 Å². The molecule has 1 fully saturated rings. The van der Waals surface area contributed by atoms with Crippen LogP contribution in [0.3, 0.4) is 0 Å². The minimum absolute atomic E-state index is 0.0561. The molecule has 0 radical (unpaired) electrons. The van der Waals surface area contributed by atoms with Gasteiger partial charge in [0, 0.05) is 12.1 Å². The van der Waals surface area contributed by atoms with E-state index in [1.807, 2.05) is 6.92 Å². The van der Waals surface area contributed by atoms with Crippen LogP contribution in [0.1, 0.15) is 45.7 Å². The predicted octanol–water partition coefficient (Wildman–Crippen LogP) is 3.74. The Morgan fingerprint density at radius 3 is 2.67 bits per heavy atom. The topological polar surface area (TPSA) is 69.6 Å². The molecule has 0 saturated carbocycles. The number of nitrogens with one attached hydrogen (secondary N) is 1. The van der Waals surface area contributed by atoms with Gasteiger partial charge in [-0.15, -0.1) is 0 Å². The molecule has 0 aromatic heterocycles. The summed E-state index contributed by atoms with van der Waals surface area (Å²) in [5.41, 5.74) is 1.09. The van der Waals surface area contributed by atoms with Crippen LogP contribution in [0.4, 0.5) is 4.39 Å². The first kappa shape index (κ1) is 19.3. The van der Waals surface area contributed by atoms with Gasteiger partial charge in [0.2, 0.25) is 0 Å². The fourth-order valence-corrected chi connectivity index (χ4v) is 3.66. The van der Waals surface area contributed by atoms with E-state index in [1.165, 1.54) is 30.3 Å². The smallest absolute Gasteiger partial charge is 0.335 e. The van der Waals surface area contributed by atoms with Gasteiger partial charge in [0.25, 0.3) is 5.91 Å². The van der Waals surface area contributed by atoms with Crippen molar-refractivity contribution < 1.29 is 19.1 Å². The number of rotatable bonds is 5. The number of likely N-dealkylation sites (N-methyl/N-ethyl adjacent to an activating group) is 1. The standard InChI is InChI=1S/C20H20ClFN2O3/c1-2-24-9-8-17(18(24)12-6-7-15(21)16(22)11-12)23-19(25)13-4-3-5-14(10-13)20(26)27/h3-7,10-11,17-18H,2,8-9H2,1H3,(H,23,25)(H,26,27). The van der Waals surface area contributed by atoms with E-state index in [1.54, 1.807) is 12.1 Å². The lowest BCUT2D eigenvalue weighted by Crippen LogP contribution is -2.39. The highest BCUT2D eigenvalue weighted by atomic mass is 35.5. The first-order valence-electron chi connectivity index (χ1n) is 8.74. The number of likely N-dealkylation sites (tertiary alicyclic amines) is 1. The number of benzene rings is 2. The highest BCUT2D eigenvalue weighted by Gasteiger charge is 2.35. The normalized spacial score (nSPS) is 19.8. The second kappa shape index (κ2) is 8.06. The molecule has 0 aliphatic carbocycles. The zero-order chi connectivity index (χ0) is 19.6. The first-order chi connectivity index (χ1) is 12.9. The van der Waals surface area contributed by atoms with Crippen LogP contribution in [-0.2, 0) is 0 Å². The molecule has 27 heavy (non-hydrogen) atoms. The monoisotopic (exact) mass is 390 g/mol. The van der Waals surface area contributed by atoms with Crippen molar-refractivity contribution in [3.8, 4) is 0 Å². The molecule has 2 atom stereocenters. The largest absolute Gasteiger partial charge is 0.478 e. The van der Waals surface area contributed by atoms with E-state index in [9.17, 15) is 14.0 Å². The summed E-state index contributed by atoms with van der Waals surface area (Å²) in [7, 11) is 0. The SMILES string of the molecule is CCN1CCC(NC(=O)c2cccc(C(=O)O)c2)C1c1ccc(Cl)c(F)c1. The predicted molar refractivity (Wildman–Crippen MR) is 101 cm³/mol. The van der Waals surface area contributed by atoms with Crippen molar-refractivity contribution in [1.29, 1.82) is 0 Å². The van der Waals surface area contributed by atoms with Gasteiger partial charge in [-0.2, -0.15) is 0 Å². The molecule has 5 nitrogen and oxygen atoms in total. The van der Waals surface area contributed by atoms with Crippen LogP contribution < -0.4 is 5.32 Å². The molecule has 1 aliphatic rings. The molecule has 2 unspecified atom stereocenters. The van der Waals surface area contributed by atoms with Crippen molar-refractivity contribution in [3.05, 3.63) is 70.0 Å². The maximum Gasteiger partial charge on any atom is 0.335 e. The Balaban J connectivity index is 1.84. The van der Waals surface area contributed by atoms with Crippen molar-refractivity contribution in [1.82, 2.24) is 10.2 Å². The number of carboxylic acids is 1. The van der Waals surface area contributed by atoms with Gasteiger partial charge in [0.05, 0.1) is 22.7 Å². The number of carboxylic acid groups (broad SMARTS) is 1. The maximum absolute atomic E-state index is 13.9. The Kier molecular flexibility index (Phi) is 5.77. The fourth-order valence-electron chi connectivity index (χ4n) is 3.55. The molecule has 142 valence electrons. The maximum atomic E-state index is 13.9. The van der Waals surface area contributed by atoms with Crippen LogP contribution in [0.25, 0.3) is 0 Å². The molecule has 0 bridgehead atoms. The fraction of sp³-hybridized carbons (Fsp3) is 0.300. The number of hydrogen-bond donors (Lipinski definition) is 2. The summed E-state index contributed by atoms with van der Waals surface area (Å²) >= 11 is 5.79. The Hall–Kier alpha value is -2.44. The molecule has 1 saturated heterocycles. The summed E-state index contributed by atoms with van der Waals surface area (Å²) in [5, 5.41) is 12.1. The van der Waals surface area contributed by atoms with Gasteiger partial charge >= 0.3 is 5.97 Å². The van der Waals surface area contributed by atoms with Gasteiger partial charge in [-0.3, -0.25) is 9.69 Å². The van der Waals surface area contributed by atoms with Gasteiger partial charge < -0.3 is 10.4 Å². The second-order valence-electron chi connectivity index (χ2n) is 6.50. The lowest BCUT2D eigenvalue weighted by atomic mass is 9.99. The summed E-state index contributed by atoms with van der Waals surface area (Å²) in [6.07, 6.45) is 0.715. The van der Waals surface area contributed by atoms with E-state index in [2.05, 4.69) is 10.2 Å². The van der Waals surface area contributed by atoms with Gasteiger partial charge in [-0.25, -0.2) is 9.18 Å². The number of aromatic carboxylic acids is 1. The number of carbonyl (C=O) groups excluding carboxylic acids is 1. The minimum Gasteiger partial charge on any atom is -0.478 e. The Morgan fingerprint density at radius 2 is 2.00 bits per heavy atom. The average molecular weight is 391 g/mol. The Bertz CT molecular complexity index is 874. The van der Waals surface area contributed by atoms with Gasteiger partial charge in [0.1, 0.15) is 5.82 Å². The van der Waals surface area contributed by atoms with Crippen LogP contribution >= 0.6 is 11.6 Å². The van der Waals surface area contributed by atoms with Crippen LogP contribution in [0.2, 0.25) is 5.02 Å². The molecule has 2 aromatic carbocycles. The van der Waals surface area contributed by atoms with Crippen LogP contribution in [0, 0.1) is 5.82 Å². The van der Waals surface area contributed by atoms with Crippen LogP contribution in [0.5, 0.6) is 0 Å². The summed E-state index contributed by atoms with van der Waals surface area (Å²) in [5.74, 6) is -1.92. The van der Waals surface area contributed by atoms with E-state index in [0.717, 1.165) is 18.7 Å².